The van der Waals surface area contributed by atoms with Crippen LogP contribution in [0.1, 0.15) is 184 Å². The highest BCUT2D eigenvalue weighted by Crippen LogP contribution is 2.27. The Kier molecular flexibility index (Phi) is 44.1. The number of ether oxygens (including phenoxy) is 4. The molecule has 1 unspecified atom stereocenters. The molecule has 4 rings (SSSR count). The molecule has 0 spiro atoms. The summed E-state index contributed by atoms with van der Waals surface area (Å²) in [6.07, 6.45) is -10.1. The molecule has 0 aliphatic carbocycles. The van der Waals surface area contributed by atoms with E-state index in [0.29, 0.717) is 21.6 Å². The maximum absolute atomic E-state index is 15.8. The Hall–Kier alpha value is -12.8. The van der Waals surface area contributed by atoms with Crippen LogP contribution in [0.3, 0.4) is 0 Å². The summed E-state index contributed by atoms with van der Waals surface area (Å²) in [5.41, 5.74) is 4.64. The normalized spacial score (nSPS) is 14.7. The lowest BCUT2D eigenvalue weighted by Crippen LogP contribution is -2.64. The first kappa shape index (κ1) is 108. The summed E-state index contributed by atoms with van der Waals surface area (Å²) in [7, 11) is 0. The van der Waals surface area contributed by atoms with Gasteiger partial charge >= 0.3 is 30.3 Å². The first-order chi connectivity index (χ1) is 60.4. The van der Waals surface area contributed by atoms with Gasteiger partial charge in [0.2, 0.25) is 70.9 Å². The molecule has 14 atom stereocenters. The average molecular weight is 1810 g/mol. The highest BCUT2D eigenvalue weighted by atomic mass is 16.6. The molecular formula is C89H130N16O24. The molecule has 4 aromatic carbocycles. The third kappa shape index (κ3) is 39.9. The van der Waals surface area contributed by atoms with Crippen LogP contribution in [0.25, 0.3) is 0 Å². The molecule has 40 heteroatoms. The lowest BCUT2D eigenvalue weighted by Gasteiger charge is -2.35. The van der Waals surface area contributed by atoms with E-state index < -0.39 is 247 Å². The van der Waals surface area contributed by atoms with Crippen molar-refractivity contribution >= 4 is 101 Å². The van der Waals surface area contributed by atoms with Crippen molar-refractivity contribution in [2.75, 3.05) is 19.7 Å². The van der Waals surface area contributed by atoms with Crippen LogP contribution >= 0.6 is 0 Å². The number of nitrogens with two attached hydrogens (primary N) is 1. The minimum Gasteiger partial charge on any atom is -0.480 e. The number of amides is 15. The zero-order valence-electron chi connectivity index (χ0n) is 76.0. The number of aliphatic carboxylic acids is 1. The smallest absolute Gasteiger partial charge is 0.416 e. The van der Waals surface area contributed by atoms with Gasteiger partial charge in [-0.25, -0.2) is 28.9 Å². The van der Waals surface area contributed by atoms with Gasteiger partial charge in [-0.15, -0.1) is 0 Å². The van der Waals surface area contributed by atoms with Crippen molar-refractivity contribution in [1.82, 2.24) is 74.0 Å². The lowest BCUT2D eigenvalue weighted by molar-refractivity contribution is -0.143. The summed E-state index contributed by atoms with van der Waals surface area (Å²) in [5, 5.41) is 83.1. The molecule has 0 radical (unpaired) electrons. The van der Waals surface area contributed by atoms with Crippen molar-refractivity contribution in [2.24, 2.45) is 34.3 Å². The number of benzene rings is 4. The second-order valence-electron chi connectivity index (χ2n) is 35.4. The molecule has 0 heterocycles. The van der Waals surface area contributed by atoms with Crippen molar-refractivity contribution in [3.05, 3.63) is 144 Å². The van der Waals surface area contributed by atoms with Gasteiger partial charge in [-0.2, -0.15) is 0 Å². The number of carbonyl (C=O) groups is 16. The molecule has 129 heavy (non-hydrogen) atoms. The Morgan fingerprint density at radius 2 is 0.891 bits per heavy atom. The molecular weight excluding hydrogens is 1680 g/mol. The summed E-state index contributed by atoms with van der Waals surface area (Å²) in [6.45, 7) is 22.6. The van der Waals surface area contributed by atoms with Crippen molar-refractivity contribution in [1.29, 1.82) is 5.41 Å². The van der Waals surface area contributed by atoms with Crippen molar-refractivity contribution in [2.45, 2.75) is 260 Å². The van der Waals surface area contributed by atoms with Gasteiger partial charge in [0.1, 0.15) is 85.8 Å². The Morgan fingerprint density at radius 1 is 0.465 bits per heavy atom. The van der Waals surface area contributed by atoms with Gasteiger partial charge < -0.3 is 109 Å². The second-order valence-corrected chi connectivity index (χ2v) is 35.4. The quantitative estimate of drug-likeness (QED) is 0.0171. The van der Waals surface area contributed by atoms with E-state index in [9.17, 15) is 73.2 Å². The average Bonchev–Trinajstić information content (AvgIpc) is 0.809. The fourth-order valence-corrected chi connectivity index (χ4v) is 12.7. The van der Waals surface area contributed by atoms with E-state index >= 15 is 24.0 Å². The molecule has 0 aliphatic heterocycles. The third-order valence-corrected chi connectivity index (χ3v) is 19.5. The molecule has 710 valence electrons. The lowest BCUT2D eigenvalue weighted by atomic mass is 9.86. The monoisotopic (exact) mass is 1810 g/mol. The summed E-state index contributed by atoms with van der Waals surface area (Å²) in [6, 6.07) is 13.9. The first-order valence-corrected chi connectivity index (χ1v) is 42.4. The van der Waals surface area contributed by atoms with Crippen molar-refractivity contribution in [3.63, 3.8) is 0 Å². The summed E-state index contributed by atoms with van der Waals surface area (Å²) >= 11 is 0. The van der Waals surface area contributed by atoms with Crippen LogP contribution in [-0.4, -0.2) is 225 Å². The number of carbonyl (C=O) groups excluding carboxylic acids is 15. The zero-order valence-corrected chi connectivity index (χ0v) is 76.0. The van der Waals surface area contributed by atoms with E-state index in [1.807, 2.05) is 26.1 Å². The van der Waals surface area contributed by atoms with Gasteiger partial charge in [0.25, 0.3) is 0 Å². The number of hydrogen-bond acceptors (Lipinski definition) is 24. The van der Waals surface area contributed by atoms with Gasteiger partial charge in [0.05, 0.1) is 37.8 Å². The SMILES string of the molecule is CC[C@H](C)C(NC(=O)[C@@H](CCCN(C(=N)NC(=O)OCc1ccccc1)C(=O)OCc1ccccc1)NC(=O)[C@H](CC(C)C)NC(=O)[C@@H](NC(=O)[C@@H](NC(=O)[C@H](CC(C)(C)C)NC(=O)[C@@H](CC(C)(C)C)NC(=O)OCc1ccccc1)[C@H](NC(=O)OC(C)(C)C)c1ccccc1)[C@H](O)C(C)C)C(=O)N[C@H](C(=O)NCC(=O)N[C@@H](CC(N)=O)C(=O)N[C@@H](CO)C(=O)O)[C@H](C)O. The van der Waals surface area contributed by atoms with Gasteiger partial charge in [-0.3, -0.25) is 63.5 Å². The van der Waals surface area contributed by atoms with E-state index in [-0.39, 0.29) is 57.5 Å². The standard InChI is InChI=1S/C89H130N16O24/c1-17-52(6)66(78(117)100-67(53(7)107)77(116)92-45-65(109)93-60(42-64(90)108)74(113)97-63(46-106)81(120)121)99-72(111)58(39-30-40-105(86(125)128-49-56-35-26-20-27-36-56)82(91)104-84(123)127-48-55-33-24-19-25-34-55)94-73(112)59(41-50(2)3)95-80(119)70(71(110)51(4)5)102-79(118)69(68(57-37-28-21-29-38-57)103-85(124)129-89(14,15)16)101-76(115)61(43-87(8,9)10)96-75(114)62(44-88(11,12)13)98-83(122)126-47-54-31-22-18-23-32-54/h18-29,31-38,50-53,58-63,66-71,106-107,110H,17,30,39-49H2,1-16H3,(H2,90,108)(H,92,116)(H,93,109)(H,94,112)(H,95,119)(H,96,114)(H,97,113)(H,98,122)(H,99,111)(H,100,117)(H,101,115)(H,102,118)(H,103,124)(H,120,121)(H2,91,104,123)/t52-,53-,58+,59-,60-,61-,62+,63-,66?,67-,68+,69-,70-,71+/m0/s1. The summed E-state index contributed by atoms with van der Waals surface area (Å²) in [4.78, 5) is 226. The van der Waals surface area contributed by atoms with Gasteiger partial charge in [0.15, 0.2) is 0 Å². The topological polar surface area (TPSA) is 600 Å². The number of aliphatic hydroxyl groups is 3. The van der Waals surface area contributed by atoms with Gasteiger partial charge in [-0.05, 0) is 111 Å². The molecule has 0 bridgehead atoms. The minimum atomic E-state index is -2.08. The largest absolute Gasteiger partial charge is 0.480 e. The van der Waals surface area contributed by atoms with E-state index in [1.54, 1.807) is 172 Å². The predicted octanol–water partition coefficient (Wildman–Crippen LogP) is 3.62. The van der Waals surface area contributed by atoms with Crippen molar-refractivity contribution in [3.8, 4) is 0 Å². The number of aliphatic hydroxyl groups excluding tert-OH is 3. The molecule has 20 N–H and O–H groups in total. The number of guanidine groups is 1. The Morgan fingerprint density at radius 3 is 1.37 bits per heavy atom. The second kappa shape index (κ2) is 52.4. The Bertz CT molecular complexity index is 4410. The molecule has 15 amide bonds. The fourth-order valence-electron chi connectivity index (χ4n) is 12.7. The van der Waals surface area contributed by atoms with Crippen molar-refractivity contribution < 1.29 is 116 Å². The maximum Gasteiger partial charge on any atom is 0.416 e. The van der Waals surface area contributed by atoms with Gasteiger partial charge in [0, 0.05) is 6.54 Å². The number of rotatable bonds is 47. The Labute approximate surface area is 750 Å². The van der Waals surface area contributed by atoms with E-state index in [2.05, 4.69) is 63.8 Å². The van der Waals surface area contributed by atoms with Crippen LogP contribution in [0.4, 0.5) is 19.2 Å². The maximum atomic E-state index is 15.8. The molecule has 0 fully saturated rings. The molecule has 40 nitrogen and oxygen atoms in total. The number of nitrogens with one attached hydrogen (secondary N) is 14. The number of carboxylic acid groups (broad SMARTS) is 1. The van der Waals surface area contributed by atoms with E-state index in [1.165, 1.54) is 32.9 Å². The number of carboxylic acids is 1. The number of hydrogen-bond donors (Lipinski definition) is 19. The van der Waals surface area contributed by atoms with Crippen LogP contribution in [0.5, 0.6) is 0 Å². The molecule has 0 aliphatic rings. The number of primary amides is 1. The highest BCUT2D eigenvalue weighted by molar-refractivity contribution is 6.01. The fraction of sp³-hybridized carbons (Fsp3) is 0.539. The molecule has 0 saturated heterocycles. The zero-order chi connectivity index (χ0) is 96.8. The minimum absolute atomic E-state index is 0.0275. The molecule has 4 aromatic rings. The van der Waals surface area contributed by atoms with Crippen LogP contribution in [0.15, 0.2) is 121 Å². The van der Waals surface area contributed by atoms with Crippen LogP contribution < -0.4 is 74.9 Å². The molecule has 0 aromatic heterocycles. The molecule has 0 saturated carbocycles. The first-order valence-electron chi connectivity index (χ1n) is 42.4. The van der Waals surface area contributed by atoms with Crippen LogP contribution in [-0.2, 0) is 96.3 Å². The summed E-state index contributed by atoms with van der Waals surface area (Å²) < 4.78 is 22.1. The third-order valence-electron chi connectivity index (χ3n) is 19.5. The van der Waals surface area contributed by atoms with E-state index in [0.717, 1.165) is 6.92 Å². The summed E-state index contributed by atoms with van der Waals surface area (Å²) in [5.74, 6) is -17.4. The highest BCUT2D eigenvalue weighted by Gasteiger charge is 2.43. The number of nitrogens with zero attached hydrogens (tertiary/aromatic N) is 1. The predicted molar refractivity (Wildman–Crippen MR) is 471 cm³/mol. The van der Waals surface area contributed by atoms with Crippen LogP contribution in [0, 0.1) is 34.0 Å². The number of alkyl carbamates (subject to hydrolysis) is 3. The van der Waals surface area contributed by atoms with Crippen LogP contribution in [0.2, 0.25) is 0 Å². The van der Waals surface area contributed by atoms with E-state index in [4.69, 9.17) is 30.1 Å². The van der Waals surface area contributed by atoms with Gasteiger partial charge in [-0.1, -0.05) is 211 Å². The Balaban J connectivity index is 1.86.